The molecule has 1 aliphatic heterocycles. The quantitative estimate of drug-likeness (QED) is 0.779. The van der Waals surface area contributed by atoms with Crippen LogP contribution in [0, 0.1) is 5.41 Å². The summed E-state index contributed by atoms with van der Waals surface area (Å²) in [5, 5.41) is 9.87. The second kappa shape index (κ2) is 4.99. The highest BCUT2D eigenvalue weighted by Crippen LogP contribution is 2.25. The lowest BCUT2D eigenvalue weighted by molar-refractivity contribution is -0.115. The molecule has 1 saturated heterocycles. The number of halogens is 2. The Morgan fingerprint density at radius 3 is 2.69 bits per heavy atom. The lowest BCUT2D eigenvalue weighted by Gasteiger charge is -2.07. The normalized spacial score (nSPS) is 17.6. The highest BCUT2D eigenvalue weighted by atomic mass is 79.9. The molecule has 0 saturated carbocycles. The van der Waals surface area contributed by atoms with Crippen molar-refractivity contribution in [3.63, 3.8) is 0 Å². The molecule has 0 radical (unpaired) electrons. The van der Waals surface area contributed by atoms with Gasteiger partial charge in [-0.25, -0.2) is 0 Å². The van der Waals surface area contributed by atoms with E-state index in [1.807, 2.05) is 12.1 Å². The number of carbonyl (C=O) groups is 1. The summed E-state index contributed by atoms with van der Waals surface area (Å²) >= 11 is 4.90. The maximum Gasteiger partial charge on any atom is 0.274 e. The molecule has 1 fully saturated rings. The summed E-state index contributed by atoms with van der Waals surface area (Å²) in [6.45, 7) is 0. The molecular formula is C9H9BrClN3OS. The third-order valence-corrected chi connectivity index (χ3v) is 3.60. The van der Waals surface area contributed by atoms with Gasteiger partial charge in [0.05, 0.1) is 3.79 Å². The maximum atomic E-state index is 11.4. The predicted octanol–water partition coefficient (Wildman–Crippen LogP) is 2.27. The molecular weight excluding hydrogens is 314 g/mol. The molecule has 0 unspecified atom stereocenters. The first-order chi connectivity index (χ1) is 7.08. The highest BCUT2D eigenvalue weighted by Gasteiger charge is 2.26. The van der Waals surface area contributed by atoms with E-state index < -0.39 is 0 Å². The van der Waals surface area contributed by atoms with Crippen LogP contribution in [0.15, 0.2) is 21.6 Å². The summed E-state index contributed by atoms with van der Waals surface area (Å²) in [6, 6.07) is 3.85. The number of hydrogen-bond acceptors (Lipinski definition) is 3. The van der Waals surface area contributed by atoms with Crippen LogP contribution in [0.4, 0.5) is 0 Å². The van der Waals surface area contributed by atoms with Gasteiger partial charge in [0.2, 0.25) is 5.96 Å². The van der Waals surface area contributed by atoms with E-state index in [0.29, 0.717) is 5.70 Å². The van der Waals surface area contributed by atoms with Crippen molar-refractivity contribution in [2.75, 3.05) is 7.05 Å². The topological polar surface area (TPSA) is 56.2 Å². The summed E-state index contributed by atoms with van der Waals surface area (Å²) in [5.74, 6) is -0.117. The van der Waals surface area contributed by atoms with Gasteiger partial charge >= 0.3 is 0 Å². The van der Waals surface area contributed by atoms with E-state index in [4.69, 9.17) is 5.41 Å². The smallest absolute Gasteiger partial charge is 0.274 e. The molecule has 2 N–H and O–H groups in total. The molecule has 2 rings (SSSR count). The number of carbonyl (C=O) groups excluding carboxylic acids is 1. The Labute approximate surface area is 111 Å². The van der Waals surface area contributed by atoms with E-state index in [0.717, 1.165) is 8.66 Å². The van der Waals surface area contributed by atoms with Crippen molar-refractivity contribution in [1.82, 2.24) is 10.2 Å². The number of nitrogens with one attached hydrogen (secondary N) is 2. The lowest BCUT2D eigenvalue weighted by Crippen LogP contribution is -2.25. The molecule has 7 heteroatoms. The first-order valence-electron chi connectivity index (χ1n) is 4.18. The van der Waals surface area contributed by atoms with Crippen LogP contribution in [0.5, 0.6) is 0 Å². The van der Waals surface area contributed by atoms with Crippen LogP contribution >= 0.6 is 39.7 Å². The van der Waals surface area contributed by atoms with Crippen molar-refractivity contribution in [2.24, 2.45) is 0 Å². The van der Waals surface area contributed by atoms with Crippen molar-refractivity contribution in [3.8, 4) is 0 Å². The largest absolute Gasteiger partial charge is 0.311 e. The average molecular weight is 323 g/mol. The van der Waals surface area contributed by atoms with Crippen molar-refractivity contribution in [1.29, 1.82) is 5.41 Å². The average Bonchev–Trinajstić information content (AvgIpc) is 2.67. The highest BCUT2D eigenvalue weighted by molar-refractivity contribution is 9.11. The van der Waals surface area contributed by atoms with Gasteiger partial charge < -0.3 is 4.90 Å². The van der Waals surface area contributed by atoms with Gasteiger partial charge in [0, 0.05) is 11.9 Å². The molecule has 0 spiro atoms. The van der Waals surface area contributed by atoms with Crippen molar-refractivity contribution in [2.45, 2.75) is 0 Å². The van der Waals surface area contributed by atoms with E-state index >= 15 is 0 Å². The van der Waals surface area contributed by atoms with Crippen LogP contribution in [0.25, 0.3) is 6.08 Å². The molecule has 1 aromatic heterocycles. The first-order valence-corrected chi connectivity index (χ1v) is 5.79. The van der Waals surface area contributed by atoms with Crippen LogP contribution in [0.2, 0.25) is 0 Å². The SMILES string of the molecule is CN1C(=N)NC(=O)C1=Cc1ccc(Br)s1.Cl. The summed E-state index contributed by atoms with van der Waals surface area (Å²) in [6.07, 6.45) is 1.77. The standard InChI is InChI=1S/C9H8BrN3OS.ClH/c1-13-6(8(14)12-9(13)11)4-5-2-3-7(10)15-5;/h2-4H,1H3,(H2,11,12,14);1H. The van der Waals surface area contributed by atoms with Gasteiger partial charge in [-0.3, -0.25) is 15.5 Å². The van der Waals surface area contributed by atoms with E-state index in [1.54, 1.807) is 24.5 Å². The van der Waals surface area contributed by atoms with Gasteiger partial charge in [-0.1, -0.05) is 0 Å². The third-order valence-electron chi connectivity index (χ3n) is 2.03. The molecule has 0 bridgehead atoms. The summed E-state index contributed by atoms with van der Waals surface area (Å²) in [7, 11) is 1.69. The maximum absolute atomic E-state index is 11.4. The van der Waals surface area contributed by atoms with Gasteiger partial charge in [-0.2, -0.15) is 0 Å². The fourth-order valence-electron chi connectivity index (χ4n) is 1.23. The van der Waals surface area contributed by atoms with Gasteiger partial charge in [0.15, 0.2) is 0 Å². The Kier molecular flexibility index (Phi) is 4.12. The van der Waals surface area contributed by atoms with Gasteiger partial charge in [0.1, 0.15) is 5.70 Å². The molecule has 86 valence electrons. The predicted molar refractivity (Wildman–Crippen MR) is 70.9 cm³/mol. The number of guanidine groups is 1. The van der Waals surface area contributed by atoms with Crippen molar-refractivity contribution in [3.05, 3.63) is 26.5 Å². The molecule has 4 nitrogen and oxygen atoms in total. The number of likely N-dealkylation sites (N-methyl/N-ethyl adjacent to an activating group) is 1. The minimum atomic E-state index is -0.230. The first kappa shape index (κ1) is 13.2. The van der Waals surface area contributed by atoms with Crippen LogP contribution in [-0.2, 0) is 4.79 Å². The summed E-state index contributed by atoms with van der Waals surface area (Å²) in [4.78, 5) is 13.9. The Bertz CT molecular complexity index is 471. The Hall–Kier alpha value is -0.850. The molecule has 0 aliphatic carbocycles. The zero-order valence-electron chi connectivity index (χ0n) is 8.28. The fraction of sp³-hybridized carbons (Fsp3) is 0.111. The number of hydrogen-bond donors (Lipinski definition) is 2. The number of thiophene rings is 1. The van der Waals surface area contributed by atoms with Gasteiger partial charge in [-0.15, -0.1) is 23.7 Å². The number of amides is 1. The molecule has 16 heavy (non-hydrogen) atoms. The van der Waals surface area contributed by atoms with Gasteiger partial charge in [-0.05, 0) is 34.1 Å². The minimum Gasteiger partial charge on any atom is -0.311 e. The monoisotopic (exact) mass is 321 g/mol. The van der Waals surface area contributed by atoms with Crippen LogP contribution in [0.3, 0.4) is 0 Å². The second-order valence-electron chi connectivity index (χ2n) is 3.03. The van der Waals surface area contributed by atoms with Crippen LogP contribution in [-0.4, -0.2) is 23.8 Å². The van der Waals surface area contributed by atoms with Crippen LogP contribution < -0.4 is 5.32 Å². The molecule has 0 atom stereocenters. The van der Waals surface area contributed by atoms with Crippen molar-refractivity contribution < 1.29 is 4.79 Å². The molecule has 1 aliphatic rings. The molecule has 0 aromatic carbocycles. The number of rotatable bonds is 1. The van der Waals surface area contributed by atoms with E-state index in [1.165, 1.54) is 4.90 Å². The zero-order valence-corrected chi connectivity index (χ0v) is 11.5. The molecule has 1 amide bonds. The summed E-state index contributed by atoms with van der Waals surface area (Å²) < 4.78 is 1.02. The fourth-order valence-corrected chi connectivity index (χ4v) is 2.59. The number of nitrogens with zero attached hydrogens (tertiary/aromatic N) is 1. The van der Waals surface area contributed by atoms with E-state index in [-0.39, 0.29) is 24.3 Å². The molecule has 1 aromatic rings. The van der Waals surface area contributed by atoms with Gasteiger partial charge in [0.25, 0.3) is 5.91 Å². The Balaban J connectivity index is 0.00000128. The minimum absolute atomic E-state index is 0. The second-order valence-corrected chi connectivity index (χ2v) is 5.53. The zero-order chi connectivity index (χ0) is 11.0. The van der Waals surface area contributed by atoms with Crippen molar-refractivity contribution >= 4 is 57.6 Å². The molecule has 2 heterocycles. The van der Waals surface area contributed by atoms with E-state index in [9.17, 15) is 4.79 Å². The van der Waals surface area contributed by atoms with E-state index in [2.05, 4.69) is 21.2 Å². The third kappa shape index (κ3) is 2.45. The summed E-state index contributed by atoms with van der Waals surface area (Å²) in [5.41, 5.74) is 0.495. The lowest BCUT2D eigenvalue weighted by atomic mass is 10.3. The van der Waals surface area contributed by atoms with Crippen LogP contribution in [0.1, 0.15) is 4.88 Å². The Morgan fingerprint density at radius 1 is 1.56 bits per heavy atom. The Morgan fingerprint density at radius 2 is 2.25 bits per heavy atom.